The first-order valence-electron chi connectivity index (χ1n) is 9.65. The van der Waals surface area contributed by atoms with Gasteiger partial charge in [-0.15, -0.1) is 0 Å². The van der Waals surface area contributed by atoms with Gasteiger partial charge in [-0.3, -0.25) is 9.59 Å². The van der Waals surface area contributed by atoms with Crippen molar-refractivity contribution in [3.05, 3.63) is 70.3 Å². The molecule has 1 amide bonds. The first kappa shape index (κ1) is 18.7. The third-order valence-corrected chi connectivity index (χ3v) is 5.23. The highest BCUT2D eigenvalue weighted by atomic mass is 16.2. The molecule has 1 aliphatic heterocycles. The van der Waals surface area contributed by atoms with Crippen molar-refractivity contribution in [1.82, 2.24) is 14.9 Å². The number of rotatable bonds is 4. The van der Waals surface area contributed by atoms with Crippen molar-refractivity contribution in [2.45, 2.75) is 12.8 Å². The van der Waals surface area contributed by atoms with Crippen molar-refractivity contribution in [1.29, 1.82) is 5.26 Å². The number of hydrogen-bond acceptors (Lipinski definition) is 5. The molecule has 0 radical (unpaired) electrons. The van der Waals surface area contributed by atoms with Gasteiger partial charge in [-0.05, 0) is 36.4 Å². The molecule has 2 aromatic carbocycles. The number of benzene rings is 2. The van der Waals surface area contributed by atoms with Gasteiger partial charge in [-0.1, -0.05) is 12.1 Å². The largest absolute Gasteiger partial charge is 0.368 e. The van der Waals surface area contributed by atoms with E-state index in [4.69, 9.17) is 5.26 Å². The molecular weight excluding hydrogens is 366 g/mol. The van der Waals surface area contributed by atoms with Crippen LogP contribution in [0.3, 0.4) is 0 Å². The molecule has 146 valence electrons. The Kier molecular flexibility index (Phi) is 5.25. The van der Waals surface area contributed by atoms with E-state index in [1.54, 1.807) is 18.2 Å². The Morgan fingerprint density at radius 1 is 1.07 bits per heavy atom. The van der Waals surface area contributed by atoms with E-state index < -0.39 is 0 Å². The summed E-state index contributed by atoms with van der Waals surface area (Å²) in [6.45, 7) is 2.81. The molecule has 1 fully saturated rings. The quantitative estimate of drug-likeness (QED) is 0.740. The lowest BCUT2D eigenvalue weighted by molar-refractivity contribution is -0.131. The Balaban J connectivity index is 1.33. The number of carbonyl (C=O) groups is 1. The van der Waals surface area contributed by atoms with E-state index >= 15 is 0 Å². The number of nitriles is 1. The Bertz CT molecular complexity index is 1120. The van der Waals surface area contributed by atoms with Crippen molar-refractivity contribution >= 4 is 22.5 Å². The highest BCUT2D eigenvalue weighted by Crippen LogP contribution is 2.17. The van der Waals surface area contributed by atoms with E-state index in [9.17, 15) is 9.59 Å². The van der Waals surface area contributed by atoms with Crippen LogP contribution in [0.1, 0.15) is 17.8 Å². The number of hydrogen-bond donors (Lipinski definition) is 1. The Morgan fingerprint density at radius 2 is 1.79 bits per heavy atom. The van der Waals surface area contributed by atoms with Crippen LogP contribution >= 0.6 is 0 Å². The second-order valence-corrected chi connectivity index (χ2v) is 7.06. The van der Waals surface area contributed by atoms with E-state index in [-0.39, 0.29) is 11.5 Å². The second kappa shape index (κ2) is 8.15. The van der Waals surface area contributed by atoms with E-state index in [0.29, 0.717) is 48.2 Å². The third kappa shape index (κ3) is 4.11. The van der Waals surface area contributed by atoms with Crippen LogP contribution in [0.5, 0.6) is 0 Å². The summed E-state index contributed by atoms with van der Waals surface area (Å²) < 4.78 is 0. The maximum atomic E-state index is 12.6. The molecule has 0 unspecified atom stereocenters. The number of amides is 1. The lowest BCUT2D eigenvalue weighted by atomic mass is 10.2. The number of anilines is 1. The number of aryl methyl sites for hydroxylation is 1. The lowest BCUT2D eigenvalue weighted by Crippen LogP contribution is -2.48. The molecule has 2 heterocycles. The predicted molar refractivity (Wildman–Crippen MR) is 111 cm³/mol. The topological polar surface area (TPSA) is 93.1 Å². The van der Waals surface area contributed by atoms with Gasteiger partial charge in [0, 0.05) is 44.7 Å². The van der Waals surface area contributed by atoms with E-state index in [1.807, 2.05) is 35.2 Å². The summed E-state index contributed by atoms with van der Waals surface area (Å²) in [7, 11) is 0. The number of carbonyl (C=O) groups excluding carboxylic acids is 1. The maximum absolute atomic E-state index is 12.6. The van der Waals surface area contributed by atoms with Gasteiger partial charge < -0.3 is 14.8 Å². The molecule has 7 heteroatoms. The summed E-state index contributed by atoms with van der Waals surface area (Å²) in [4.78, 5) is 36.1. The van der Waals surface area contributed by atoms with Crippen LogP contribution in [0.25, 0.3) is 10.9 Å². The summed E-state index contributed by atoms with van der Waals surface area (Å²) in [6.07, 6.45) is 0.729. The van der Waals surface area contributed by atoms with Gasteiger partial charge in [0.2, 0.25) is 5.91 Å². The number of fused-ring (bicyclic) bond motifs is 1. The van der Waals surface area contributed by atoms with Crippen molar-refractivity contribution in [3.63, 3.8) is 0 Å². The van der Waals surface area contributed by atoms with Crippen molar-refractivity contribution in [3.8, 4) is 6.07 Å². The highest BCUT2D eigenvalue weighted by Gasteiger charge is 2.21. The van der Waals surface area contributed by atoms with Gasteiger partial charge in [0.05, 0.1) is 22.5 Å². The van der Waals surface area contributed by atoms with Gasteiger partial charge in [-0.2, -0.15) is 5.26 Å². The van der Waals surface area contributed by atoms with Gasteiger partial charge in [0.25, 0.3) is 5.56 Å². The first-order valence-corrected chi connectivity index (χ1v) is 9.65. The molecule has 0 atom stereocenters. The molecule has 3 aromatic rings. The molecule has 7 nitrogen and oxygen atoms in total. The normalized spacial score (nSPS) is 14.0. The Morgan fingerprint density at radius 3 is 2.52 bits per heavy atom. The average molecular weight is 387 g/mol. The number of piperazine rings is 1. The van der Waals surface area contributed by atoms with Crippen molar-refractivity contribution in [2.75, 3.05) is 31.1 Å². The molecule has 0 bridgehead atoms. The third-order valence-electron chi connectivity index (χ3n) is 5.23. The zero-order chi connectivity index (χ0) is 20.2. The molecule has 29 heavy (non-hydrogen) atoms. The number of nitrogens with one attached hydrogen (secondary N) is 1. The Labute approximate surface area is 168 Å². The highest BCUT2D eigenvalue weighted by molar-refractivity contribution is 5.78. The van der Waals surface area contributed by atoms with Crippen molar-refractivity contribution in [2.24, 2.45) is 0 Å². The summed E-state index contributed by atoms with van der Waals surface area (Å²) in [5, 5.41) is 9.46. The molecule has 1 saturated heterocycles. The molecule has 0 aliphatic carbocycles. The van der Waals surface area contributed by atoms with E-state index in [1.165, 1.54) is 0 Å². The van der Waals surface area contributed by atoms with Gasteiger partial charge in [0.15, 0.2) is 0 Å². The minimum Gasteiger partial charge on any atom is -0.368 e. The van der Waals surface area contributed by atoms with Crippen LogP contribution in [-0.2, 0) is 11.2 Å². The molecule has 1 N–H and O–H groups in total. The number of H-pyrrole nitrogens is 1. The summed E-state index contributed by atoms with van der Waals surface area (Å²) in [5.74, 6) is 0.610. The van der Waals surface area contributed by atoms with E-state index in [0.717, 1.165) is 18.8 Å². The summed E-state index contributed by atoms with van der Waals surface area (Å²) in [5.41, 5.74) is 2.18. The number of para-hydroxylation sites is 1. The standard InChI is InChI=1S/C22H21N5O2/c23-15-16-5-7-17(8-6-16)26-11-13-27(14-12-26)21(28)10-9-20-24-19-4-2-1-3-18(19)22(29)25-20/h1-8H,9-14H2,(H,24,25,29). The number of aromatic nitrogens is 2. The molecule has 0 spiro atoms. The molecule has 4 rings (SSSR count). The van der Waals surface area contributed by atoms with E-state index in [2.05, 4.69) is 20.9 Å². The summed E-state index contributed by atoms with van der Waals surface area (Å²) in [6, 6.07) is 16.8. The smallest absolute Gasteiger partial charge is 0.258 e. The second-order valence-electron chi connectivity index (χ2n) is 7.06. The van der Waals surface area contributed by atoms with Crippen LogP contribution in [0, 0.1) is 11.3 Å². The zero-order valence-electron chi connectivity index (χ0n) is 16.0. The molecule has 1 aliphatic rings. The fourth-order valence-electron chi connectivity index (χ4n) is 3.60. The number of aromatic amines is 1. The van der Waals surface area contributed by atoms with Crippen LogP contribution in [-0.4, -0.2) is 47.0 Å². The first-order chi connectivity index (χ1) is 14.1. The minimum atomic E-state index is -0.172. The predicted octanol–water partition coefficient (Wildman–Crippen LogP) is 2.08. The van der Waals surface area contributed by atoms with Crippen LogP contribution < -0.4 is 10.5 Å². The van der Waals surface area contributed by atoms with Crippen LogP contribution in [0.4, 0.5) is 5.69 Å². The van der Waals surface area contributed by atoms with Gasteiger partial charge in [-0.25, -0.2) is 4.98 Å². The number of nitrogens with zero attached hydrogens (tertiary/aromatic N) is 4. The molecule has 0 saturated carbocycles. The fourth-order valence-corrected chi connectivity index (χ4v) is 3.60. The van der Waals surface area contributed by atoms with Gasteiger partial charge >= 0.3 is 0 Å². The SMILES string of the molecule is N#Cc1ccc(N2CCN(C(=O)CCc3nc4ccccc4c(=O)[nH]3)CC2)cc1. The molecular formula is C22H21N5O2. The minimum absolute atomic E-state index is 0.0697. The lowest BCUT2D eigenvalue weighted by Gasteiger charge is -2.36. The maximum Gasteiger partial charge on any atom is 0.258 e. The zero-order valence-corrected chi connectivity index (χ0v) is 16.0. The molecule has 1 aromatic heterocycles. The van der Waals surface area contributed by atoms with Crippen molar-refractivity contribution < 1.29 is 4.79 Å². The fraction of sp³-hybridized carbons (Fsp3) is 0.273. The monoisotopic (exact) mass is 387 g/mol. The average Bonchev–Trinajstić information content (AvgIpc) is 2.78. The summed E-state index contributed by atoms with van der Waals surface area (Å²) >= 11 is 0. The Hall–Kier alpha value is -3.66. The van der Waals surface area contributed by atoms with Crippen LogP contribution in [0.2, 0.25) is 0 Å². The van der Waals surface area contributed by atoms with Crippen LogP contribution in [0.15, 0.2) is 53.3 Å². The van der Waals surface area contributed by atoms with Gasteiger partial charge in [0.1, 0.15) is 5.82 Å².